The first-order chi connectivity index (χ1) is 9.56. The van der Waals surface area contributed by atoms with Crippen LogP contribution in [0, 0.1) is 0 Å². The van der Waals surface area contributed by atoms with E-state index < -0.39 is 5.97 Å². The van der Waals surface area contributed by atoms with Gasteiger partial charge in [0.1, 0.15) is 11.4 Å². The van der Waals surface area contributed by atoms with Crippen LogP contribution in [0.4, 0.5) is 5.82 Å². The molecule has 3 N–H and O–H groups in total. The van der Waals surface area contributed by atoms with Crippen molar-refractivity contribution in [3.63, 3.8) is 0 Å². The molecule has 106 valence electrons. The number of H-pyrrole nitrogens is 1. The highest BCUT2D eigenvalue weighted by atomic mass is 16.5. The summed E-state index contributed by atoms with van der Waals surface area (Å²) in [5.41, 5.74) is 9.29. The summed E-state index contributed by atoms with van der Waals surface area (Å²) in [4.78, 5) is 14.6. The van der Waals surface area contributed by atoms with E-state index in [1.54, 1.807) is 6.07 Å². The van der Waals surface area contributed by atoms with Gasteiger partial charge in [0.15, 0.2) is 0 Å². The van der Waals surface area contributed by atoms with Crippen LogP contribution in [-0.4, -0.2) is 18.1 Å². The number of nitrogen functional groups attached to an aromatic ring is 1. The SMILES string of the molecule is CCC(C)c1ccc(-c2cc(C(=O)OC)c(N)[nH]2)cc1. The van der Waals surface area contributed by atoms with Crippen molar-refractivity contribution in [1.82, 2.24) is 4.98 Å². The molecule has 0 aliphatic carbocycles. The molecule has 4 nitrogen and oxygen atoms in total. The maximum absolute atomic E-state index is 11.5. The smallest absolute Gasteiger partial charge is 0.341 e. The van der Waals surface area contributed by atoms with Crippen molar-refractivity contribution < 1.29 is 9.53 Å². The number of aromatic amines is 1. The molecule has 0 radical (unpaired) electrons. The Bertz CT molecular complexity index is 599. The zero-order valence-electron chi connectivity index (χ0n) is 12.1. The number of esters is 1. The highest BCUT2D eigenvalue weighted by Gasteiger charge is 2.14. The molecular formula is C16H20N2O2. The predicted molar refractivity (Wildman–Crippen MR) is 80.7 cm³/mol. The Balaban J connectivity index is 2.30. The summed E-state index contributed by atoms with van der Waals surface area (Å²) in [6.45, 7) is 4.38. The Morgan fingerprint density at radius 2 is 2.00 bits per heavy atom. The van der Waals surface area contributed by atoms with Crippen LogP contribution >= 0.6 is 0 Å². The molecule has 4 heteroatoms. The number of carbonyl (C=O) groups is 1. The monoisotopic (exact) mass is 272 g/mol. The van der Waals surface area contributed by atoms with Crippen molar-refractivity contribution in [2.75, 3.05) is 12.8 Å². The quantitative estimate of drug-likeness (QED) is 0.836. The highest BCUT2D eigenvalue weighted by molar-refractivity contribution is 5.96. The average Bonchev–Trinajstić information content (AvgIpc) is 2.87. The number of anilines is 1. The van der Waals surface area contributed by atoms with Crippen LogP contribution in [0.1, 0.15) is 42.1 Å². The minimum absolute atomic E-state index is 0.331. The molecule has 20 heavy (non-hydrogen) atoms. The summed E-state index contributed by atoms with van der Waals surface area (Å²) in [6.07, 6.45) is 1.11. The van der Waals surface area contributed by atoms with Crippen LogP contribution in [0.3, 0.4) is 0 Å². The number of hydrogen-bond donors (Lipinski definition) is 2. The molecule has 2 rings (SSSR count). The van der Waals surface area contributed by atoms with Crippen molar-refractivity contribution >= 4 is 11.8 Å². The predicted octanol–water partition coefficient (Wildman–Crippen LogP) is 3.56. The van der Waals surface area contributed by atoms with E-state index in [1.165, 1.54) is 12.7 Å². The van der Waals surface area contributed by atoms with Gasteiger partial charge in [0.2, 0.25) is 0 Å². The summed E-state index contributed by atoms with van der Waals surface area (Å²) in [6, 6.07) is 10.0. The fraction of sp³-hybridized carbons (Fsp3) is 0.312. The van der Waals surface area contributed by atoms with Crippen LogP contribution in [0.25, 0.3) is 11.3 Å². The number of benzene rings is 1. The third-order valence-corrected chi connectivity index (χ3v) is 3.66. The fourth-order valence-corrected chi connectivity index (χ4v) is 2.13. The zero-order chi connectivity index (χ0) is 14.7. The Morgan fingerprint density at radius 1 is 1.35 bits per heavy atom. The van der Waals surface area contributed by atoms with Gasteiger partial charge in [-0.2, -0.15) is 0 Å². The lowest BCUT2D eigenvalue weighted by atomic mass is 9.97. The van der Waals surface area contributed by atoms with Crippen molar-refractivity contribution in [3.05, 3.63) is 41.5 Å². The van der Waals surface area contributed by atoms with E-state index in [-0.39, 0.29) is 0 Å². The van der Waals surface area contributed by atoms with E-state index >= 15 is 0 Å². The zero-order valence-corrected chi connectivity index (χ0v) is 12.1. The third kappa shape index (κ3) is 2.69. The number of aromatic nitrogens is 1. The third-order valence-electron chi connectivity index (χ3n) is 3.66. The van der Waals surface area contributed by atoms with Gasteiger partial charge >= 0.3 is 5.97 Å². The first-order valence-corrected chi connectivity index (χ1v) is 6.74. The van der Waals surface area contributed by atoms with E-state index in [4.69, 9.17) is 10.5 Å². The summed E-state index contributed by atoms with van der Waals surface area (Å²) < 4.78 is 4.69. The van der Waals surface area contributed by atoms with Gasteiger partial charge in [0.05, 0.1) is 7.11 Å². The summed E-state index contributed by atoms with van der Waals surface area (Å²) in [5, 5.41) is 0. The van der Waals surface area contributed by atoms with E-state index in [0.29, 0.717) is 17.3 Å². The molecular weight excluding hydrogens is 252 g/mol. The van der Waals surface area contributed by atoms with Crippen molar-refractivity contribution in [1.29, 1.82) is 0 Å². The second kappa shape index (κ2) is 5.82. The van der Waals surface area contributed by atoms with Crippen molar-refractivity contribution in [2.45, 2.75) is 26.2 Å². The van der Waals surface area contributed by atoms with Crippen LogP contribution in [-0.2, 0) is 4.74 Å². The molecule has 0 amide bonds. The molecule has 1 aromatic carbocycles. The summed E-state index contributed by atoms with van der Waals surface area (Å²) >= 11 is 0. The molecule has 0 saturated carbocycles. The Labute approximate surface area is 119 Å². The van der Waals surface area contributed by atoms with Crippen LogP contribution in [0.5, 0.6) is 0 Å². The maximum Gasteiger partial charge on any atom is 0.341 e. The van der Waals surface area contributed by atoms with Gasteiger partial charge in [-0.05, 0) is 29.5 Å². The lowest BCUT2D eigenvalue weighted by Gasteiger charge is -2.09. The minimum Gasteiger partial charge on any atom is -0.465 e. The van der Waals surface area contributed by atoms with Crippen LogP contribution < -0.4 is 5.73 Å². The molecule has 1 atom stereocenters. The van der Waals surface area contributed by atoms with Gasteiger partial charge in [-0.15, -0.1) is 0 Å². The van der Waals surface area contributed by atoms with Crippen molar-refractivity contribution in [2.24, 2.45) is 0 Å². The molecule has 1 aromatic heterocycles. The van der Waals surface area contributed by atoms with Gasteiger partial charge < -0.3 is 15.5 Å². The van der Waals surface area contributed by atoms with E-state index in [9.17, 15) is 4.79 Å². The summed E-state index contributed by atoms with van der Waals surface area (Å²) in [5.74, 6) is 0.447. The molecule has 0 aliphatic heterocycles. The first kappa shape index (κ1) is 14.2. The second-order valence-electron chi connectivity index (χ2n) is 4.93. The molecule has 0 spiro atoms. The van der Waals surface area contributed by atoms with Crippen LogP contribution in [0.15, 0.2) is 30.3 Å². The molecule has 0 saturated heterocycles. The Morgan fingerprint density at radius 3 is 2.55 bits per heavy atom. The lowest BCUT2D eigenvalue weighted by molar-refractivity contribution is 0.0602. The number of carbonyl (C=O) groups excluding carboxylic acids is 1. The number of nitrogens with one attached hydrogen (secondary N) is 1. The van der Waals surface area contributed by atoms with Crippen LogP contribution in [0.2, 0.25) is 0 Å². The number of nitrogens with two attached hydrogens (primary N) is 1. The first-order valence-electron chi connectivity index (χ1n) is 6.74. The number of rotatable bonds is 4. The van der Waals surface area contributed by atoms with E-state index in [2.05, 4.69) is 31.0 Å². The van der Waals surface area contributed by atoms with Gasteiger partial charge in [-0.1, -0.05) is 38.1 Å². The largest absolute Gasteiger partial charge is 0.465 e. The van der Waals surface area contributed by atoms with E-state index in [1.807, 2.05) is 12.1 Å². The van der Waals surface area contributed by atoms with Gasteiger partial charge in [0.25, 0.3) is 0 Å². The molecule has 0 fully saturated rings. The number of methoxy groups -OCH3 is 1. The lowest BCUT2D eigenvalue weighted by Crippen LogP contribution is -2.02. The number of hydrogen-bond acceptors (Lipinski definition) is 3. The second-order valence-corrected chi connectivity index (χ2v) is 4.93. The van der Waals surface area contributed by atoms with Gasteiger partial charge in [-0.25, -0.2) is 4.79 Å². The van der Waals surface area contributed by atoms with Crippen molar-refractivity contribution in [3.8, 4) is 11.3 Å². The molecule has 0 aliphatic rings. The highest BCUT2D eigenvalue weighted by Crippen LogP contribution is 2.26. The maximum atomic E-state index is 11.5. The standard InChI is InChI=1S/C16H20N2O2/c1-4-10(2)11-5-7-12(8-6-11)14-9-13(15(17)18-14)16(19)20-3/h5-10,18H,4,17H2,1-3H3. The van der Waals surface area contributed by atoms with Gasteiger partial charge in [-0.3, -0.25) is 0 Å². The van der Waals surface area contributed by atoms with Gasteiger partial charge in [0, 0.05) is 5.69 Å². The normalized spacial score (nSPS) is 12.2. The summed E-state index contributed by atoms with van der Waals surface area (Å²) in [7, 11) is 1.34. The minimum atomic E-state index is -0.429. The average molecular weight is 272 g/mol. The Kier molecular flexibility index (Phi) is 4.13. The Hall–Kier alpha value is -2.23. The molecule has 1 heterocycles. The molecule has 2 aromatic rings. The fourth-order valence-electron chi connectivity index (χ4n) is 2.13. The molecule has 1 unspecified atom stereocenters. The van der Waals surface area contributed by atoms with E-state index in [0.717, 1.165) is 17.7 Å². The topological polar surface area (TPSA) is 68.1 Å². The molecule has 0 bridgehead atoms. The number of ether oxygens (including phenoxy) is 1.